The number of hydroxylamine groups is 1. The van der Waals surface area contributed by atoms with E-state index < -0.39 is 0 Å². The van der Waals surface area contributed by atoms with Crippen molar-refractivity contribution < 1.29 is 9.63 Å². The van der Waals surface area contributed by atoms with Gasteiger partial charge in [0, 0.05) is 48.0 Å². The number of hydrogen-bond donors (Lipinski definition) is 3. The highest BCUT2D eigenvalue weighted by molar-refractivity contribution is 5.91. The van der Waals surface area contributed by atoms with Crippen LogP contribution >= 0.6 is 0 Å². The fourth-order valence-corrected chi connectivity index (χ4v) is 3.67. The number of hydrogen-bond acceptors (Lipinski definition) is 5. The zero-order valence-corrected chi connectivity index (χ0v) is 17.4. The summed E-state index contributed by atoms with van der Waals surface area (Å²) in [6.45, 7) is 5.82. The van der Waals surface area contributed by atoms with Gasteiger partial charge in [-0.15, -0.1) is 0 Å². The van der Waals surface area contributed by atoms with Crippen LogP contribution in [0.5, 0.6) is 0 Å². The number of pyridine rings is 2. The third-order valence-corrected chi connectivity index (χ3v) is 5.30. The molecule has 2 aromatic heterocycles. The average molecular weight is 407 g/mol. The average Bonchev–Trinajstić information content (AvgIpc) is 3.11. The fraction of sp³-hybridized carbons (Fsp3) is 0.318. The van der Waals surface area contributed by atoms with Crippen molar-refractivity contribution in [2.24, 2.45) is 7.05 Å². The van der Waals surface area contributed by atoms with Gasteiger partial charge in [-0.2, -0.15) is 5.48 Å². The molecular weight excluding hydrogens is 382 g/mol. The normalized spacial score (nSPS) is 18.5. The van der Waals surface area contributed by atoms with Crippen LogP contribution in [0.1, 0.15) is 24.6 Å². The van der Waals surface area contributed by atoms with Gasteiger partial charge in [0.15, 0.2) is 6.23 Å². The first-order chi connectivity index (χ1) is 14.3. The van der Waals surface area contributed by atoms with Crippen molar-refractivity contribution in [2.75, 3.05) is 5.32 Å². The van der Waals surface area contributed by atoms with Gasteiger partial charge in [-0.05, 0) is 56.2 Å². The van der Waals surface area contributed by atoms with Crippen LogP contribution in [0.25, 0.3) is 22.0 Å². The largest absolute Gasteiger partial charge is 0.321 e. The van der Waals surface area contributed by atoms with E-state index in [4.69, 9.17) is 4.84 Å². The molecule has 1 saturated heterocycles. The Bertz CT molecular complexity index is 1190. The van der Waals surface area contributed by atoms with Crippen molar-refractivity contribution in [3.05, 3.63) is 58.1 Å². The lowest BCUT2D eigenvalue weighted by molar-refractivity contribution is 0.0168. The van der Waals surface area contributed by atoms with Crippen molar-refractivity contribution in [1.29, 1.82) is 0 Å². The van der Waals surface area contributed by atoms with E-state index in [2.05, 4.69) is 21.1 Å². The van der Waals surface area contributed by atoms with Gasteiger partial charge in [0.2, 0.25) is 0 Å². The van der Waals surface area contributed by atoms with Gasteiger partial charge < -0.3 is 15.2 Å². The van der Waals surface area contributed by atoms with Gasteiger partial charge in [0.1, 0.15) is 0 Å². The van der Waals surface area contributed by atoms with Crippen LogP contribution in [-0.4, -0.2) is 27.9 Å². The summed E-state index contributed by atoms with van der Waals surface area (Å²) in [7, 11) is 1.76. The van der Waals surface area contributed by atoms with Crippen LogP contribution in [0.3, 0.4) is 0 Å². The van der Waals surface area contributed by atoms with Crippen molar-refractivity contribution in [3.63, 3.8) is 0 Å². The molecule has 1 aliphatic rings. The molecule has 2 unspecified atom stereocenters. The maximum atomic E-state index is 13.1. The Kier molecular flexibility index (Phi) is 5.27. The fourth-order valence-electron chi connectivity index (χ4n) is 3.67. The van der Waals surface area contributed by atoms with Gasteiger partial charge in [0.25, 0.3) is 5.56 Å². The van der Waals surface area contributed by atoms with Gasteiger partial charge in [-0.1, -0.05) is 6.07 Å². The molecule has 3 N–H and O–H groups in total. The number of nitrogens with one attached hydrogen (secondary N) is 3. The molecule has 8 heteroatoms. The first-order valence-corrected chi connectivity index (χ1v) is 9.88. The van der Waals surface area contributed by atoms with E-state index in [1.807, 2.05) is 51.1 Å². The number of aromatic nitrogens is 2. The summed E-state index contributed by atoms with van der Waals surface area (Å²) < 4.78 is 1.64. The quantitative estimate of drug-likeness (QED) is 0.620. The van der Waals surface area contributed by atoms with E-state index in [9.17, 15) is 9.59 Å². The van der Waals surface area contributed by atoms with Crippen molar-refractivity contribution in [2.45, 2.75) is 39.5 Å². The smallest absolute Gasteiger partial charge is 0.311 e. The van der Waals surface area contributed by atoms with Crippen LogP contribution in [0.4, 0.5) is 10.5 Å². The molecule has 1 aliphatic heterocycles. The van der Waals surface area contributed by atoms with Crippen LogP contribution < -0.4 is 21.7 Å². The Hall–Kier alpha value is -3.23. The number of nitrogens with zero attached hydrogens (tertiary/aromatic N) is 2. The number of rotatable bonds is 3. The second kappa shape index (κ2) is 7.89. The van der Waals surface area contributed by atoms with E-state index in [0.717, 1.165) is 27.7 Å². The number of fused-ring (bicyclic) bond motifs is 1. The molecule has 1 fully saturated rings. The molecule has 0 radical (unpaired) electrons. The van der Waals surface area contributed by atoms with Gasteiger partial charge >= 0.3 is 6.03 Å². The molecule has 8 nitrogen and oxygen atoms in total. The van der Waals surface area contributed by atoms with Crippen molar-refractivity contribution in [3.8, 4) is 11.1 Å². The highest BCUT2D eigenvalue weighted by atomic mass is 16.7. The third-order valence-electron chi connectivity index (χ3n) is 5.30. The van der Waals surface area contributed by atoms with E-state index in [1.54, 1.807) is 17.8 Å². The predicted molar refractivity (Wildman–Crippen MR) is 116 cm³/mol. The first kappa shape index (κ1) is 20.1. The maximum Gasteiger partial charge on any atom is 0.321 e. The number of urea groups is 1. The predicted octanol–water partition coefficient (Wildman–Crippen LogP) is 2.98. The molecule has 2 amide bonds. The second-order valence-electron chi connectivity index (χ2n) is 7.80. The minimum atomic E-state index is -0.381. The summed E-state index contributed by atoms with van der Waals surface area (Å²) in [5.74, 6) is 0. The summed E-state index contributed by atoms with van der Waals surface area (Å²) in [6.07, 6.45) is 2.08. The minimum absolute atomic E-state index is 0.0998. The summed E-state index contributed by atoms with van der Waals surface area (Å²) in [4.78, 5) is 35.0. The molecule has 0 bridgehead atoms. The van der Waals surface area contributed by atoms with E-state index >= 15 is 0 Å². The number of amides is 2. The summed E-state index contributed by atoms with van der Waals surface area (Å²) in [6, 6.07) is 9.09. The lowest BCUT2D eigenvalue weighted by atomic mass is 9.99. The Balaban J connectivity index is 1.65. The summed E-state index contributed by atoms with van der Waals surface area (Å²) in [5.41, 5.74) is 7.28. The first-order valence-electron chi connectivity index (χ1n) is 9.88. The number of aryl methyl sites for hydroxylation is 3. The molecule has 0 spiro atoms. The molecule has 3 aromatic rings. The van der Waals surface area contributed by atoms with Crippen LogP contribution in [0.2, 0.25) is 0 Å². The number of carbonyl (C=O) groups excluding carboxylic acids is 1. The second-order valence-corrected chi connectivity index (χ2v) is 7.80. The number of benzene rings is 1. The van der Waals surface area contributed by atoms with Gasteiger partial charge in [-0.25, -0.2) is 4.79 Å². The van der Waals surface area contributed by atoms with Crippen LogP contribution in [-0.2, 0) is 11.9 Å². The molecule has 3 heterocycles. The lowest BCUT2D eigenvalue weighted by Crippen LogP contribution is -2.38. The highest BCUT2D eigenvalue weighted by Gasteiger charge is 2.23. The standard InChI is InChI=1S/C22H25N5O3/c1-12-5-6-16(24-22(29)25-20-8-14(3)26-30-20)10-17(12)18-9-15-11-23-13(2)7-19(15)27(4)21(18)28/h5-7,9-11,14,20,26H,8H2,1-4H3,(H2,24,25,29). The Morgan fingerprint density at radius 1 is 1.23 bits per heavy atom. The molecule has 2 atom stereocenters. The zero-order valence-electron chi connectivity index (χ0n) is 17.4. The van der Waals surface area contributed by atoms with E-state index in [0.29, 0.717) is 17.7 Å². The minimum Gasteiger partial charge on any atom is -0.311 e. The van der Waals surface area contributed by atoms with E-state index in [-0.39, 0.29) is 23.9 Å². The maximum absolute atomic E-state index is 13.1. The molecule has 30 heavy (non-hydrogen) atoms. The highest BCUT2D eigenvalue weighted by Crippen LogP contribution is 2.27. The molecule has 4 rings (SSSR count). The Morgan fingerprint density at radius 3 is 2.77 bits per heavy atom. The van der Waals surface area contributed by atoms with Crippen molar-refractivity contribution in [1.82, 2.24) is 20.3 Å². The SMILES string of the molecule is Cc1cc2c(cn1)cc(-c1cc(NC(=O)NC3CC(C)NO3)ccc1C)c(=O)n2C. The molecule has 156 valence electrons. The van der Waals surface area contributed by atoms with Crippen LogP contribution in [0.15, 0.2) is 41.3 Å². The van der Waals surface area contributed by atoms with Crippen molar-refractivity contribution >= 4 is 22.6 Å². The van der Waals surface area contributed by atoms with Crippen LogP contribution in [0, 0.1) is 13.8 Å². The summed E-state index contributed by atoms with van der Waals surface area (Å²) in [5, 5.41) is 6.48. The topological polar surface area (TPSA) is 97.3 Å². The molecule has 0 aliphatic carbocycles. The van der Waals surface area contributed by atoms with Gasteiger partial charge in [0.05, 0.1) is 5.52 Å². The Labute approximate surface area is 174 Å². The van der Waals surface area contributed by atoms with E-state index in [1.165, 1.54) is 0 Å². The monoisotopic (exact) mass is 407 g/mol. The summed E-state index contributed by atoms with van der Waals surface area (Å²) >= 11 is 0. The molecule has 1 aromatic carbocycles. The number of carbonyl (C=O) groups is 1. The Morgan fingerprint density at radius 2 is 2.03 bits per heavy atom. The van der Waals surface area contributed by atoms with Gasteiger partial charge in [-0.3, -0.25) is 14.6 Å². The zero-order chi connectivity index (χ0) is 21.4. The lowest BCUT2D eigenvalue weighted by Gasteiger charge is -2.15. The molecular formula is C22H25N5O3. The number of anilines is 1. The third kappa shape index (κ3) is 3.92. The molecule has 0 saturated carbocycles.